The molecule has 1 aliphatic rings. The number of fused-ring (bicyclic) bond motifs is 1. The molecule has 5 nitrogen and oxygen atoms in total. The van der Waals surface area contributed by atoms with Crippen LogP contribution >= 0.6 is 11.6 Å². The fourth-order valence-electron chi connectivity index (χ4n) is 3.50. The van der Waals surface area contributed by atoms with Gasteiger partial charge in [0.2, 0.25) is 0 Å². The standard InChI is InChI=1S/C22H16ClFN2O3/c23-13-3-1-4-15(11-13)25-21(28)20-17-5-2-6-19(27)18(17)12-26(22(20)29)16-9-7-14(24)8-10-16/h1,3-4,7-12H,2,5-6H2,(H,25,28). The fourth-order valence-corrected chi connectivity index (χ4v) is 3.69. The molecule has 7 heteroatoms. The SMILES string of the molecule is O=C1CCCc2c1cn(-c1ccc(F)cc1)c(=O)c2C(=O)Nc1cccc(Cl)c1. The number of nitrogens with zero attached hydrogens (tertiary/aromatic N) is 1. The Morgan fingerprint density at radius 1 is 1.07 bits per heavy atom. The van der Waals surface area contributed by atoms with Crippen molar-refractivity contribution in [2.45, 2.75) is 19.3 Å². The maximum absolute atomic E-state index is 13.3. The molecule has 0 unspecified atom stereocenters. The normalized spacial score (nSPS) is 13.1. The third-order valence-electron chi connectivity index (χ3n) is 4.86. The van der Waals surface area contributed by atoms with Crippen molar-refractivity contribution in [2.75, 3.05) is 5.32 Å². The summed E-state index contributed by atoms with van der Waals surface area (Å²) in [6, 6.07) is 11.9. The van der Waals surface area contributed by atoms with E-state index in [9.17, 15) is 18.8 Å². The topological polar surface area (TPSA) is 68.2 Å². The summed E-state index contributed by atoms with van der Waals surface area (Å²) in [6.45, 7) is 0. The predicted molar refractivity (Wildman–Crippen MR) is 109 cm³/mol. The first-order valence-electron chi connectivity index (χ1n) is 9.08. The number of Topliss-reactive ketones (excluding diaryl/α,β-unsaturated/α-hetero) is 1. The van der Waals surface area contributed by atoms with E-state index >= 15 is 0 Å². The van der Waals surface area contributed by atoms with Gasteiger partial charge in [0.1, 0.15) is 11.4 Å². The number of hydrogen-bond acceptors (Lipinski definition) is 3. The molecule has 0 spiro atoms. The maximum atomic E-state index is 13.3. The van der Waals surface area contributed by atoms with E-state index in [1.54, 1.807) is 24.3 Å². The van der Waals surface area contributed by atoms with E-state index in [0.29, 0.717) is 46.8 Å². The molecule has 0 saturated heterocycles. The van der Waals surface area contributed by atoms with Crippen LogP contribution in [0.15, 0.2) is 59.5 Å². The van der Waals surface area contributed by atoms with E-state index < -0.39 is 17.3 Å². The van der Waals surface area contributed by atoms with E-state index in [0.717, 1.165) is 0 Å². The summed E-state index contributed by atoms with van der Waals surface area (Å²) in [5, 5.41) is 3.13. The second-order valence-corrected chi connectivity index (χ2v) is 7.23. The van der Waals surface area contributed by atoms with Crippen LogP contribution in [0.4, 0.5) is 10.1 Å². The molecular formula is C22H16ClFN2O3. The number of carbonyl (C=O) groups is 2. The molecule has 0 saturated carbocycles. The van der Waals surface area contributed by atoms with E-state index in [1.165, 1.54) is 35.0 Å². The highest BCUT2D eigenvalue weighted by Crippen LogP contribution is 2.25. The molecule has 1 aliphatic carbocycles. The van der Waals surface area contributed by atoms with Crippen LogP contribution in [0.2, 0.25) is 5.02 Å². The Morgan fingerprint density at radius 2 is 1.83 bits per heavy atom. The summed E-state index contributed by atoms with van der Waals surface area (Å²) in [4.78, 5) is 38.7. The van der Waals surface area contributed by atoms with Crippen LogP contribution in [0.25, 0.3) is 5.69 Å². The summed E-state index contributed by atoms with van der Waals surface area (Å²) < 4.78 is 14.5. The van der Waals surface area contributed by atoms with Gasteiger partial charge in [0, 0.05) is 34.6 Å². The molecule has 0 fully saturated rings. The smallest absolute Gasteiger partial charge is 0.268 e. The lowest BCUT2D eigenvalue weighted by molar-refractivity contribution is 0.0971. The molecular weight excluding hydrogens is 395 g/mol. The lowest BCUT2D eigenvalue weighted by Crippen LogP contribution is -2.33. The van der Waals surface area contributed by atoms with Crippen LogP contribution < -0.4 is 10.9 Å². The Labute approximate surface area is 170 Å². The second-order valence-electron chi connectivity index (χ2n) is 6.79. The van der Waals surface area contributed by atoms with Gasteiger partial charge in [0.15, 0.2) is 5.78 Å². The fraction of sp³-hybridized carbons (Fsp3) is 0.136. The second kappa shape index (κ2) is 7.64. The van der Waals surface area contributed by atoms with Crippen molar-refractivity contribution in [1.82, 2.24) is 4.57 Å². The molecule has 1 amide bonds. The van der Waals surface area contributed by atoms with Gasteiger partial charge in [-0.3, -0.25) is 19.0 Å². The summed E-state index contributed by atoms with van der Waals surface area (Å²) in [5.41, 5.74) is 0.953. The van der Waals surface area contributed by atoms with Gasteiger partial charge < -0.3 is 5.32 Å². The Balaban J connectivity index is 1.87. The summed E-state index contributed by atoms with van der Waals surface area (Å²) in [5.74, 6) is -1.19. The molecule has 1 aromatic heterocycles. The van der Waals surface area contributed by atoms with Crippen molar-refractivity contribution in [2.24, 2.45) is 0 Å². The number of halogens is 2. The van der Waals surface area contributed by atoms with Gasteiger partial charge in [-0.1, -0.05) is 17.7 Å². The van der Waals surface area contributed by atoms with Crippen LogP contribution in [0.1, 0.15) is 39.1 Å². The summed E-state index contributed by atoms with van der Waals surface area (Å²) >= 11 is 5.97. The molecule has 1 N–H and O–H groups in total. The number of benzene rings is 2. The van der Waals surface area contributed by atoms with Crippen LogP contribution in [-0.4, -0.2) is 16.3 Å². The third-order valence-corrected chi connectivity index (χ3v) is 5.10. The predicted octanol–water partition coefficient (Wildman–Crippen LogP) is 4.40. The molecule has 29 heavy (non-hydrogen) atoms. The van der Waals surface area contributed by atoms with Crippen LogP contribution in [0.5, 0.6) is 0 Å². The molecule has 4 rings (SSSR count). The van der Waals surface area contributed by atoms with Crippen LogP contribution in [0.3, 0.4) is 0 Å². The van der Waals surface area contributed by atoms with Crippen LogP contribution in [-0.2, 0) is 6.42 Å². The van der Waals surface area contributed by atoms with Gasteiger partial charge in [0.05, 0.1) is 0 Å². The minimum Gasteiger partial charge on any atom is -0.322 e. The highest BCUT2D eigenvalue weighted by Gasteiger charge is 2.27. The highest BCUT2D eigenvalue weighted by atomic mass is 35.5. The first kappa shape index (κ1) is 19.1. The van der Waals surface area contributed by atoms with E-state index in [1.807, 2.05) is 0 Å². The molecule has 0 aliphatic heterocycles. The Bertz CT molecular complexity index is 1190. The van der Waals surface area contributed by atoms with Crippen molar-refractivity contribution in [3.05, 3.63) is 92.6 Å². The van der Waals surface area contributed by atoms with Crippen molar-refractivity contribution < 1.29 is 14.0 Å². The number of ketones is 1. The van der Waals surface area contributed by atoms with Gasteiger partial charge in [0.25, 0.3) is 11.5 Å². The zero-order valence-corrected chi connectivity index (χ0v) is 16.0. The van der Waals surface area contributed by atoms with Crippen molar-refractivity contribution in [1.29, 1.82) is 0 Å². The Hall–Kier alpha value is -3.25. The van der Waals surface area contributed by atoms with E-state index in [2.05, 4.69) is 5.32 Å². The van der Waals surface area contributed by atoms with Gasteiger partial charge in [-0.15, -0.1) is 0 Å². The molecule has 1 heterocycles. The zero-order valence-electron chi connectivity index (χ0n) is 15.2. The van der Waals surface area contributed by atoms with Crippen molar-refractivity contribution in [3.8, 4) is 5.69 Å². The number of aromatic nitrogens is 1. The number of carbonyl (C=O) groups excluding carboxylic acids is 2. The molecule has 0 radical (unpaired) electrons. The molecule has 0 atom stereocenters. The lowest BCUT2D eigenvalue weighted by atomic mass is 9.88. The summed E-state index contributed by atoms with van der Waals surface area (Å²) in [6.07, 6.45) is 2.83. The number of pyridine rings is 1. The number of nitrogens with one attached hydrogen (secondary N) is 1. The molecule has 2 aromatic carbocycles. The van der Waals surface area contributed by atoms with Gasteiger partial charge in [-0.2, -0.15) is 0 Å². The quantitative estimate of drug-likeness (QED) is 0.695. The third kappa shape index (κ3) is 3.71. The van der Waals surface area contributed by atoms with Crippen molar-refractivity contribution >= 4 is 29.0 Å². The molecule has 146 valence electrons. The van der Waals surface area contributed by atoms with E-state index in [4.69, 9.17) is 11.6 Å². The largest absolute Gasteiger partial charge is 0.322 e. The van der Waals surface area contributed by atoms with E-state index in [-0.39, 0.29) is 11.3 Å². The minimum atomic E-state index is -0.611. The average molecular weight is 411 g/mol. The number of hydrogen-bond donors (Lipinski definition) is 1. The molecule has 0 bridgehead atoms. The Kier molecular flexibility index (Phi) is 5.03. The molecule has 3 aromatic rings. The maximum Gasteiger partial charge on any atom is 0.268 e. The number of anilines is 1. The summed E-state index contributed by atoms with van der Waals surface area (Å²) in [7, 11) is 0. The van der Waals surface area contributed by atoms with Crippen molar-refractivity contribution in [3.63, 3.8) is 0 Å². The monoisotopic (exact) mass is 410 g/mol. The van der Waals surface area contributed by atoms with Gasteiger partial charge in [-0.05, 0) is 60.9 Å². The number of rotatable bonds is 3. The average Bonchev–Trinajstić information content (AvgIpc) is 2.68. The minimum absolute atomic E-state index is 0.0835. The van der Waals surface area contributed by atoms with Gasteiger partial charge in [-0.25, -0.2) is 4.39 Å². The van der Waals surface area contributed by atoms with Crippen LogP contribution in [0, 0.1) is 5.82 Å². The number of amides is 1. The highest BCUT2D eigenvalue weighted by molar-refractivity contribution is 6.31. The first-order chi connectivity index (χ1) is 13.9. The van der Waals surface area contributed by atoms with Gasteiger partial charge >= 0.3 is 0 Å². The first-order valence-corrected chi connectivity index (χ1v) is 9.46. The Morgan fingerprint density at radius 3 is 2.55 bits per heavy atom. The lowest BCUT2D eigenvalue weighted by Gasteiger charge is -2.20. The zero-order chi connectivity index (χ0) is 20.5.